The topological polar surface area (TPSA) is 63.1 Å². The minimum Gasteiger partial charge on any atom is -0.481 e. The number of carbonyl (C=O) groups is 1. The third kappa shape index (κ3) is 3.12. The molecule has 0 saturated heterocycles. The molecular formula is C10H14N2O2. The lowest BCUT2D eigenvalue weighted by molar-refractivity contribution is -0.137. The Hall–Kier alpha value is -1.45. The number of aliphatic carboxylic acids is 1. The van der Waals surface area contributed by atoms with E-state index in [1.807, 2.05) is 13.8 Å². The number of nitrogens with zero attached hydrogens (tertiary/aromatic N) is 2. The number of carboxylic acids is 1. The van der Waals surface area contributed by atoms with Gasteiger partial charge in [-0.2, -0.15) is 0 Å². The highest BCUT2D eigenvalue weighted by Crippen LogP contribution is 2.04. The molecule has 1 aromatic rings. The second-order valence-corrected chi connectivity index (χ2v) is 3.28. The van der Waals surface area contributed by atoms with E-state index in [0.717, 1.165) is 17.1 Å². The van der Waals surface area contributed by atoms with Crippen molar-refractivity contribution in [1.29, 1.82) is 0 Å². The Balaban J connectivity index is 2.51. The minimum atomic E-state index is -0.762. The van der Waals surface area contributed by atoms with Crippen LogP contribution in [0.2, 0.25) is 0 Å². The van der Waals surface area contributed by atoms with Crippen LogP contribution in [0.5, 0.6) is 0 Å². The highest BCUT2D eigenvalue weighted by atomic mass is 16.4. The SMILES string of the molecule is Cc1ncc(CCCC(=O)O)nc1C. The van der Waals surface area contributed by atoms with Crippen molar-refractivity contribution in [1.82, 2.24) is 9.97 Å². The molecule has 4 nitrogen and oxygen atoms in total. The summed E-state index contributed by atoms with van der Waals surface area (Å²) in [4.78, 5) is 18.8. The summed E-state index contributed by atoms with van der Waals surface area (Å²) in [6, 6.07) is 0. The monoisotopic (exact) mass is 194 g/mol. The molecule has 0 saturated carbocycles. The molecule has 0 bridgehead atoms. The molecule has 0 radical (unpaired) electrons. The lowest BCUT2D eigenvalue weighted by atomic mass is 10.2. The molecule has 1 N–H and O–H groups in total. The third-order valence-electron chi connectivity index (χ3n) is 2.07. The van der Waals surface area contributed by atoms with E-state index in [1.54, 1.807) is 6.20 Å². The number of aryl methyl sites for hydroxylation is 3. The van der Waals surface area contributed by atoms with Crippen LogP contribution in [0.25, 0.3) is 0 Å². The average Bonchev–Trinajstić information content (AvgIpc) is 2.10. The maximum atomic E-state index is 10.3. The molecule has 0 amide bonds. The fourth-order valence-electron chi connectivity index (χ4n) is 1.13. The molecule has 0 spiro atoms. The fourth-order valence-corrected chi connectivity index (χ4v) is 1.13. The van der Waals surface area contributed by atoms with Gasteiger partial charge in [0.2, 0.25) is 0 Å². The van der Waals surface area contributed by atoms with Crippen molar-refractivity contribution in [3.63, 3.8) is 0 Å². The van der Waals surface area contributed by atoms with E-state index in [1.165, 1.54) is 0 Å². The number of rotatable bonds is 4. The average molecular weight is 194 g/mol. The van der Waals surface area contributed by atoms with Crippen LogP contribution in [0.15, 0.2) is 6.20 Å². The zero-order valence-corrected chi connectivity index (χ0v) is 8.45. The molecule has 14 heavy (non-hydrogen) atoms. The first-order valence-corrected chi connectivity index (χ1v) is 4.60. The van der Waals surface area contributed by atoms with Gasteiger partial charge in [-0.3, -0.25) is 14.8 Å². The van der Waals surface area contributed by atoms with Crippen LogP contribution in [0.4, 0.5) is 0 Å². The Bertz CT molecular complexity index is 337. The Kier molecular flexibility index (Phi) is 3.56. The van der Waals surface area contributed by atoms with Crippen LogP contribution in [0.1, 0.15) is 29.9 Å². The Morgan fingerprint density at radius 2 is 2.14 bits per heavy atom. The molecule has 76 valence electrons. The van der Waals surface area contributed by atoms with Gasteiger partial charge in [0.25, 0.3) is 0 Å². The Morgan fingerprint density at radius 1 is 1.43 bits per heavy atom. The van der Waals surface area contributed by atoms with Gasteiger partial charge in [-0.1, -0.05) is 0 Å². The molecule has 0 aliphatic heterocycles. The van der Waals surface area contributed by atoms with Crippen molar-refractivity contribution in [2.75, 3.05) is 0 Å². The molecule has 1 rings (SSSR count). The van der Waals surface area contributed by atoms with Gasteiger partial charge in [-0.05, 0) is 26.7 Å². The summed E-state index contributed by atoms with van der Waals surface area (Å²) in [6.45, 7) is 3.81. The van der Waals surface area contributed by atoms with Gasteiger partial charge < -0.3 is 5.11 Å². The first kappa shape index (κ1) is 10.6. The first-order valence-electron chi connectivity index (χ1n) is 4.60. The van der Waals surface area contributed by atoms with Crippen molar-refractivity contribution < 1.29 is 9.90 Å². The summed E-state index contributed by atoms with van der Waals surface area (Å²) in [5.41, 5.74) is 2.71. The van der Waals surface area contributed by atoms with Crippen molar-refractivity contribution >= 4 is 5.97 Å². The Morgan fingerprint density at radius 3 is 2.71 bits per heavy atom. The molecule has 1 heterocycles. The van der Waals surface area contributed by atoms with E-state index in [4.69, 9.17) is 5.11 Å². The lowest BCUT2D eigenvalue weighted by Gasteiger charge is -2.02. The van der Waals surface area contributed by atoms with Crippen molar-refractivity contribution in [3.05, 3.63) is 23.3 Å². The van der Waals surface area contributed by atoms with Gasteiger partial charge in [0.15, 0.2) is 0 Å². The van der Waals surface area contributed by atoms with Gasteiger partial charge in [-0.15, -0.1) is 0 Å². The highest BCUT2D eigenvalue weighted by molar-refractivity contribution is 5.66. The van der Waals surface area contributed by atoms with Gasteiger partial charge in [-0.25, -0.2) is 0 Å². The van der Waals surface area contributed by atoms with Crippen molar-refractivity contribution in [2.24, 2.45) is 0 Å². The molecule has 0 aliphatic rings. The molecule has 4 heteroatoms. The van der Waals surface area contributed by atoms with Crippen LogP contribution in [-0.2, 0) is 11.2 Å². The molecule has 1 aromatic heterocycles. The van der Waals surface area contributed by atoms with Crippen LogP contribution >= 0.6 is 0 Å². The first-order chi connectivity index (χ1) is 6.59. The second kappa shape index (κ2) is 4.69. The summed E-state index contributed by atoms with van der Waals surface area (Å²) in [6.07, 6.45) is 3.20. The van der Waals surface area contributed by atoms with E-state index in [0.29, 0.717) is 12.8 Å². The van der Waals surface area contributed by atoms with E-state index in [2.05, 4.69) is 9.97 Å². The van der Waals surface area contributed by atoms with Gasteiger partial charge in [0.05, 0.1) is 17.1 Å². The molecule has 0 aliphatic carbocycles. The molecule has 0 aromatic carbocycles. The van der Waals surface area contributed by atoms with Crippen molar-refractivity contribution in [2.45, 2.75) is 33.1 Å². The predicted octanol–water partition coefficient (Wildman–Crippen LogP) is 1.50. The van der Waals surface area contributed by atoms with Crippen LogP contribution in [-0.4, -0.2) is 21.0 Å². The van der Waals surface area contributed by atoms with E-state index < -0.39 is 5.97 Å². The smallest absolute Gasteiger partial charge is 0.303 e. The van der Waals surface area contributed by atoms with Crippen LogP contribution < -0.4 is 0 Å². The maximum Gasteiger partial charge on any atom is 0.303 e. The fraction of sp³-hybridized carbons (Fsp3) is 0.500. The van der Waals surface area contributed by atoms with Gasteiger partial charge in [0, 0.05) is 12.6 Å². The van der Waals surface area contributed by atoms with Crippen molar-refractivity contribution in [3.8, 4) is 0 Å². The molecule has 0 fully saturated rings. The van der Waals surface area contributed by atoms with Gasteiger partial charge in [0.1, 0.15) is 0 Å². The number of hydrogen-bond acceptors (Lipinski definition) is 3. The maximum absolute atomic E-state index is 10.3. The summed E-state index contributed by atoms with van der Waals surface area (Å²) in [7, 11) is 0. The van der Waals surface area contributed by atoms with E-state index in [9.17, 15) is 4.79 Å². The lowest BCUT2D eigenvalue weighted by Crippen LogP contribution is -2.00. The molecule has 0 atom stereocenters. The Labute approximate surface area is 83.0 Å². The number of aromatic nitrogens is 2. The zero-order chi connectivity index (χ0) is 10.6. The molecular weight excluding hydrogens is 180 g/mol. The summed E-state index contributed by atoms with van der Waals surface area (Å²) >= 11 is 0. The summed E-state index contributed by atoms with van der Waals surface area (Å²) < 4.78 is 0. The predicted molar refractivity (Wildman–Crippen MR) is 52.1 cm³/mol. The van der Waals surface area contributed by atoms with E-state index >= 15 is 0 Å². The highest BCUT2D eigenvalue weighted by Gasteiger charge is 2.01. The standard InChI is InChI=1S/C10H14N2O2/c1-7-8(2)12-9(6-11-7)4-3-5-10(13)14/h6H,3-5H2,1-2H3,(H,13,14). The second-order valence-electron chi connectivity index (χ2n) is 3.28. The van der Waals surface area contributed by atoms with E-state index in [-0.39, 0.29) is 6.42 Å². The minimum absolute atomic E-state index is 0.189. The summed E-state index contributed by atoms with van der Waals surface area (Å²) in [5, 5.41) is 8.45. The quantitative estimate of drug-likeness (QED) is 0.789. The van der Waals surface area contributed by atoms with Crippen LogP contribution in [0.3, 0.4) is 0 Å². The zero-order valence-electron chi connectivity index (χ0n) is 8.45. The number of carboxylic acid groups (broad SMARTS) is 1. The third-order valence-corrected chi connectivity index (χ3v) is 2.07. The normalized spacial score (nSPS) is 10.1. The molecule has 0 unspecified atom stereocenters. The number of hydrogen-bond donors (Lipinski definition) is 1. The van der Waals surface area contributed by atoms with Crippen LogP contribution in [0, 0.1) is 13.8 Å². The van der Waals surface area contributed by atoms with Gasteiger partial charge >= 0.3 is 5.97 Å². The summed E-state index contributed by atoms with van der Waals surface area (Å²) in [5.74, 6) is -0.762. The largest absolute Gasteiger partial charge is 0.481 e.